The molecule has 0 fully saturated rings. The number of hydrogen-bond acceptors (Lipinski definition) is 6. The Morgan fingerprint density at radius 3 is 2.65 bits per heavy atom. The van der Waals surface area contributed by atoms with Crippen molar-refractivity contribution >= 4 is 35.2 Å². The second-order valence-electron chi connectivity index (χ2n) is 5.34. The maximum atomic E-state index is 12.2. The van der Waals surface area contributed by atoms with Crippen molar-refractivity contribution in [2.75, 3.05) is 20.7 Å². The molecule has 0 aliphatic rings. The van der Waals surface area contributed by atoms with Crippen LogP contribution in [0.4, 0.5) is 9.59 Å². The van der Waals surface area contributed by atoms with Gasteiger partial charge in [0.15, 0.2) is 4.34 Å². The van der Waals surface area contributed by atoms with E-state index in [-0.39, 0.29) is 4.80 Å². The zero-order valence-corrected chi connectivity index (χ0v) is 15.9. The molecule has 2 amide bonds. The highest BCUT2D eigenvalue weighted by Crippen LogP contribution is 2.22. The molecule has 0 atom stereocenters. The number of hydrogen-bond donors (Lipinski definition) is 0. The molecule has 0 aliphatic carbocycles. The third-order valence-electron chi connectivity index (χ3n) is 2.60. The van der Waals surface area contributed by atoms with Crippen LogP contribution < -0.4 is 4.80 Å². The number of carbonyl (C=O) groups excluding carboxylic acids is 2. The van der Waals surface area contributed by atoms with Crippen molar-refractivity contribution in [1.82, 2.24) is 14.7 Å². The zero-order valence-electron chi connectivity index (χ0n) is 14.2. The smallest absolute Gasteiger partial charge is 0.437 e. The van der Waals surface area contributed by atoms with Gasteiger partial charge in [0, 0.05) is 19.3 Å². The number of unbranched alkanes of at least 4 members (excludes halogenated alkanes) is 2. The minimum Gasteiger partial charge on any atom is -0.448 e. The molecule has 0 spiro atoms. The number of thioether (sulfide) groups is 1. The first-order chi connectivity index (χ1) is 10.8. The Balaban J connectivity index is 3.00. The first kappa shape index (κ1) is 19.7. The van der Waals surface area contributed by atoms with Crippen LogP contribution in [0.2, 0.25) is 0 Å². The Kier molecular flexibility index (Phi) is 8.32. The van der Waals surface area contributed by atoms with Gasteiger partial charge in [0.25, 0.3) is 0 Å². The van der Waals surface area contributed by atoms with Gasteiger partial charge in [0.2, 0.25) is 4.80 Å². The van der Waals surface area contributed by atoms with E-state index in [1.807, 2.05) is 13.8 Å². The Labute approximate surface area is 144 Å². The highest BCUT2D eigenvalue weighted by Gasteiger charge is 2.16. The summed E-state index contributed by atoms with van der Waals surface area (Å²) in [5.74, 6) is 0. The Hall–Kier alpha value is -1.35. The lowest BCUT2D eigenvalue weighted by Crippen LogP contribution is -2.29. The molecule has 0 aromatic carbocycles. The highest BCUT2D eigenvalue weighted by molar-refractivity contribution is 8.01. The molecular weight excluding hydrogens is 336 g/mol. The number of carbonyl (C=O) groups is 2. The molecule has 9 heteroatoms. The summed E-state index contributed by atoms with van der Waals surface area (Å²) in [5, 5.41) is 4.53. The van der Waals surface area contributed by atoms with Crippen LogP contribution in [-0.4, -0.2) is 52.8 Å². The highest BCUT2D eigenvalue weighted by atomic mass is 32.2. The molecule has 7 nitrogen and oxygen atoms in total. The molecule has 1 aromatic rings. The molecule has 0 N–H and O–H groups in total. The molecule has 0 saturated heterocycles. The number of ether oxygens (including phenoxy) is 1. The van der Waals surface area contributed by atoms with Crippen LogP contribution in [0, 0.1) is 0 Å². The average molecular weight is 361 g/mol. The van der Waals surface area contributed by atoms with Crippen molar-refractivity contribution in [3.8, 4) is 0 Å². The number of urea groups is 1. The van der Waals surface area contributed by atoms with E-state index in [4.69, 9.17) is 4.74 Å². The van der Waals surface area contributed by atoms with E-state index in [1.165, 1.54) is 28.0 Å². The quantitative estimate of drug-likeness (QED) is 0.575. The van der Waals surface area contributed by atoms with Gasteiger partial charge >= 0.3 is 12.1 Å². The molecule has 0 aliphatic heterocycles. The number of nitrogens with zero attached hydrogens (tertiary/aromatic N) is 4. The SMILES string of the molecule is CCCCCOC(=O)n1nc(SC(C)C)sc1=NC(=O)N(C)C. The van der Waals surface area contributed by atoms with E-state index >= 15 is 0 Å². The first-order valence-electron chi connectivity index (χ1n) is 7.55. The summed E-state index contributed by atoms with van der Waals surface area (Å²) < 4.78 is 6.95. The Bertz CT molecular complexity index is 593. The fraction of sp³-hybridized carbons (Fsp3) is 0.714. The lowest BCUT2D eigenvalue weighted by molar-refractivity contribution is 0.141. The van der Waals surface area contributed by atoms with Crippen LogP contribution in [0.15, 0.2) is 9.33 Å². The van der Waals surface area contributed by atoms with Gasteiger partial charge in [-0.3, -0.25) is 0 Å². The van der Waals surface area contributed by atoms with E-state index in [0.717, 1.165) is 23.9 Å². The second kappa shape index (κ2) is 9.71. The molecule has 0 unspecified atom stereocenters. The topological polar surface area (TPSA) is 76.8 Å². The van der Waals surface area contributed by atoms with Crippen molar-refractivity contribution < 1.29 is 14.3 Å². The summed E-state index contributed by atoms with van der Waals surface area (Å²) in [6, 6.07) is -0.442. The fourth-order valence-electron chi connectivity index (χ4n) is 1.46. The largest absolute Gasteiger partial charge is 0.448 e. The van der Waals surface area contributed by atoms with Gasteiger partial charge in [-0.2, -0.15) is 4.99 Å². The molecule has 23 heavy (non-hydrogen) atoms. The van der Waals surface area contributed by atoms with Crippen molar-refractivity contribution in [3.63, 3.8) is 0 Å². The maximum absolute atomic E-state index is 12.2. The molecule has 0 bridgehead atoms. The third-order valence-corrected chi connectivity index (χ3v) is 4.59. The summed E-state index contributed by atoms with van der Waals surface area (Å²) >= 11 is 2.72. The average Bonchev–Trinajstić information content (AvgIpc) is 2.85. The second-order valence-corrected chi connectivity index (χ2v) is 8.12. The molecule has 0 radical (unpaired) electrons. The van der Waals surface area contributed by atoms with E-state index in [9.17, 15) is 9.59 Å². The van der Waals surface area contributed by atoms with E-state index in [1.54, 1.807) is 14.1 Å². The minimum absolute atomic E-state index is 0.229. The molecule has 1 heterocycles. The van der Waals surface area contributed by atoms with Crippen LogP contribution in [-0.2, 0) is 4.74 Å². The normalized spacial score (nSPS) is 11.8. The monoisotopic (exact) mass is 360 g/mol. The van der Waals surface area contributed by atoms with Crippen LogP contribution in [0.25, 0.3) is 0 Å². The molecule has 1 aromatic heterocycles. The van der Waals surface area contributed by atoms with Crippen LogP contribution in [0.3, 0.4) is 0 Å². The molecule has 0 saturated carbocycles. The van der Waals surface area contributed by atoms with Crippen LogP contribution in [0.1, 0.15) is 40.0 Å². The zero-order chi connectivity index (χ0) is 17.4. The Morgan fingerprint density at radius 1 is 1.39 bits per heavy atom. The summed E-state index contributed by atoms with van der Waals surface area (Å²) in [6.07, 6.45) is 2.26. The summed E-state index contributed by atoms with van der Waals surface area (Å²) in [4.78, 5) is 29.5. The lowest BCUT2D eigenvalue weighted by Gasteiger charge is -2.05. The first-order valence-corrected chi connectivity index (χ1v) is 9.24. The molecule has 130 valence electrons. The van der Waals surface area contributed by atoms with Crippen molar-refractivity contribution in [3.05, 3.63) is 4.80 Å². The number of rotatable bonds is 6. The number of aromatic nitrogens is 2. The standard InChI is InChI=1S/C14H24N4O3S2/c1-6-7-8-9-21-14(20)18-12(15-11(19)17(4)5)23-13(16-18)22-10(2)3/h10H,6-9H2,1-5H3. The van der Waals surface area contributed by atoms with Gasteiger partial charge in [-0.15, -0.1) is 9.78 Å². The maximum Gasteiger partial charge on any atom is 0.437 e. The predicted octanol–water partition coefficient (Wildman–Crippen LogP) is 3.20. The summed E-state index contributed by atoms with van der Waals surface area (Å²) in [5.41, 5.74) is 0. The summed E-state index contributed by atoms with van der Waals surface area (Å²) in [7, 11) is 3.20. The van der Waals surface area contributed by atoms with Crippen LogP contribution >= 0.6 is 23.1 Å². The lowest BCUT2D eigenvalue weighted by atomic mass is 10.3. The van der Waals surface area contributed by atoms with E-state index in [0.29, 0.717) is 16.2 Å². The van der Waals surface area contributed by atoms with Gasteiger partial charge in [0.05, 0.1) is 6.61 Å². The van der Waals surface area contributed by atoms with E-state index < -0.39 is 12.1 Å². The van der Waals surface area contributed by atoms with Gasteiger partial charge in [-0.25, -0.2) is 9.59 Å². The third kappa shape index (κ3) is 6.74. The molecular formula is C14H24N4O3S2. The number of amides is 2. The fourth-order valence-corrected chi connectivity index (χ4v) is 3.59. The minimum atomic E-state index is -0.599. The van der Waals surface area contributed by atoms with Crippen molar-refractivity contribution in [2.45, 2.75) is 49.6 Å². The van der Waals surface area contributed by atoms with Crippen molar-refractivity contribution in [2.24, 2.45) is 4.99 Å². The Morgan fingerprint density at radius 2 is 2.09 bits per heavy atom. The van der Waals surface area contributed by atoms with Gasteiger partial charge in [-0.1, -0.05) is 56.7 Å². The predicted molar refractivity (Wildman–Crippen MR) is 92.0 cm³/mol. The van der Waals surface area contributed by atoms with Gasteiger partial charge in [-0.05, 0) is 6.42 Å². The van der Waals surface area contributed by atoms with Gasteiger partial charge in [0.1, 0.15) is 0 Å². The van der Waals surface area contributed by atoms with E-state index in [2.05, 4.69) is 17.0 Å². The summed E-state index contributed by atoms with van der Waals surface area (Å²) in [6.45, 7) is 6.48. The van der Waals surface area contributed by atoms with Gasteiger partial charge < -0.3 is 9.64 Å². The molecule has 1 rings (SSSR count). The van der Waals surface area contributed by atoms with Crippen LogP contribution in [0.5, 0.6) is 0 Å². The van der Waals surface area contributed by atoms with Crippen molar-refractivity contribution in [1.29, 1.82) is 0 Å².